The van der Waals surface area contributed by atoms with Crippen molar-refractivity contribution in [1.82, 2.24) is 29.8 Å². The summed E-state index contributed by atoms with van der Waals surface area (Å²) in [4.78, 5) is 59.8. The van der Waals surface area contributed by atoms with Gasteiger partial charge in [-0.05, 0) is 141 Å². The number of rotatable bonds is 7. The van der Waals surface area contributed by atoms with Crippen LogP contribution in [-0.2, 0) is 19.1 Å². The number of alkyl halides is 1. The number of carbonyl (C=O) groups is 4. The summed E-state index contributed by atoms with van der Waals surface area (Å²) >= 11 is 3.25. The van der Waals surface area contributed by atoms with Gasteiger partial charge in [-0.2, -0.15) is 0 Å². The van der Waals surface area contributed by atoms with E-state index in [4.69, 9.17) is 9.47 Å². The van der Waals surface area contributed by atoms with E-state index < -0.39 is 0 Å². The first-order valence-corrected chi connectivity index (χ1v) is 23.2. The van der Waals surface area contributed by atoms with Crippen molar-refractivity contribution in [1.29, 1.82) is 0 Å². The molecule has 0 aromatic heterocycles. The molecule has 0 saturated carbocycles. The third-order valence-electron chi connectivity index (χ3n) is 14.4. The second kappa shape index (κ2) is 19.1. The molecule has 4 unspecified atom stereocenters. The normalized spacial score (nSPS) is 32.2. The zero-order valence-electron chi connectivity index (χ0n) is 34.4. The fraction of sp³-hybridized carbons (Fsp3) is 0.905. The molecule has 312 valence electrons. The van der Waals surface area contributed by atoms with E-state index in [1.807, 2.05) is 23.6 Å². The molecule has 4 bridgehead atoms. The molecular weight excluding hydrogens is 764 g/mol. The number of nitrogens with zero attached hydrogens (tertiary/aromatic N) is 5. The molecule has 55 heavy (non-hydrogen) atoms. The number of likely N-dealkylation sites (tertiary alicyclic amines) is 3. The molecule has 0 aromatic rings. The van der Waals surface area contributed by atoms with Crippen molar-refractivity contribution in [3.8, 4) is 0 Å². The Bertz CT molecular complexity index is 1290. The first-order valence-electron chi connectivity index (χ1n) is 22.1. The van der Waals surface area contributed by atoms with Crippen molar-refractivity contribution in [3.05, 3.63) is 0 Å². The minimum Gasteiger partial charge on any atom is -0.450 e. The summed E-state index contributed by atoms with van der Waals surface area (Å²) in [5, 5.41) is 4.15. The maximum absolute atomic E-state index is 12.3. The highest BCUT2D eigenvalue weighted by molar-refractivity contribution is 9.09. The van der Waals surface area contributed by atoms with Gasteiger partial charge >= 0.3 is 12.2 Å². The first-order chi connectivity index (χ1) is 26.6. The topological polar surface area (TPSA) is 115 Å². The Morgan fingerprint density at radius 2 is 1.11 bits per heavy atom. The smallest absolute Gasteiger partial charge is 0.410 e. The van der Waals surface area contributed by atoms with E-state index in [1.165, 1.54) is 6.42 Å². The zero-order valence-corrected chi connectivity index (χ0v) is 36.0. The van der Waals surface area contributed by atoms with Crippen LogP contribution in [0, 0.1) is 10.8 Å². The van der Waals surface area contributed by atoms with Crippen molar-refractivity contribution in [2.75, 3.05) is 64.4 Å². The molecule has 8 aliphatic heterocycles. The lowest BCUT2D eigenvalue weighted by Crippen LogP contribution is -2.55. The molecule has 8 saturated heterocycles. The Morgan fingerprint density at radius 3 is 1.47 bits per heavy atom. The summed E-state index contributed by atoms with van der Waals surface area (Å²) < 4.78 is 10.5. The minimum absolute atomic E-state index is 0.110. The third kappa shape index (κ3) is 9.78. The summed E-state index contributed by atoms with van der Waals surface area (Å²) in [5.41, 5.74) is 0.450. The van der Waals surface area contributed by atoms with Gasteiger partial charge in [-0.15, -0.1) is 0 Å². The molecule has 12 nitrogen and oxygen atoms in total. The number of piperidine rings is 4. The molecule has 0 aromatic carbocycles. The number of amides is 4. The highest BCUT2D eigenvalue weighted by Gasteiger charge is 2.50. The largest absolute Gasteiger partial charge is 0.450 e. The molecule has 8 heterocycles. The van der Waals surface area contributed by atoms with Gasteiger partial charge in [0.25, 0.3) is 0 Å². The van der Waals surface area contributed by atoms with E-state index in [-0.39, 0.29) is 28.9 Å². The Kier molecular flexibility index (Phi) is 14.7. The van der Waals surface area contributed by atoms with E-state index in [2.05, 4.69) is 49.8 Å². The maximum atomic E-state index is 12.3. The van der Waals surface area contributed by atoms with Gasteiger partial charge in [-0.1, -0.05) is 29.8 Å². The number of carbonyl (C=O) groups excluding carboxylic acids is 4. The molecule has 1 N–H and O–H groups in total. The van der Waals surface area contributed by atoms with E-state index in [9.17, 15) is 19.2 Å². The Labute approximate surface area is 339 Å². The number of fused-ring (bicyclic) bond motifs is 4. The highest BCUT2D eigenvalue weighted by Crippen LogP contribution is 2.45. The standard InChI is InChI=1S/C21H35N3O3.C18H29N3O3.C3H7Br/c1-3-9-23-15-21(14-19(23)25)7-10-22(11-8-21)18-12-16-5-6-17(13-18)24(16)20(26)27-4-2;1-2-24-17(23)21-13-3-4-14(21)10-15(9-13)20-7-5-18(6-8-20)11-16(22)19-12-18;1-2-3-4/h16-18H,3-15H2,1-2H3;13-15H,2-12H2,1H3,(H,19,22);2-3H2,1H3. The van der Waals surface area contributed by atoms with Crippen molar-refractivity contribution < 1.29 is 28.7 Å². The summed E-state index contributed by atoms with van der Waals surface area (Å²) in [6.07, 6.45) is 16.9. The van der Waals surface area contributed by atoms with Crippen LogP contribution in [0.1, 0.15) is 130 Å². The van der Waals surface area contributed by atoms with Crippen molar-refractivity contribution in [3.63, 3.8) is 0 Å². The molecule has 8 fully saturated rings. The molecule has 13 heteroatoms. The number of halogens is 1. The molecular formula is C42H71BrN6O6. The van der Waals surface area contributed by atoms with Crippen LogP contribution in [0.3, 0.4) is 0 Å². The SMILES string of the molecule is CCCBr.CCCN1CC2(CCN(C3CC4CCC(C3)N4C(=O)OCC)CC2)CC1=O.CCOC(=O)N1C2CCC1CC(N1CCC3(CC1)CNC(=O)C3)C2. The van der Waals surface area contributed by atoms with Crippen LogP contribution in [-0.4, -0.2) is 149 Å². The van der Waals surface area contributed by atoms with Crippen molar-refractivity contribution in [2.45, 2.75) is 167 Å². The monoisotopic (exact) mass is 834 g/mol. The molecule has 8 aliphatic rings. The molecule has 4 amide bonds. The van der Waals surface area contributed by atoms with Gasteiger partial charge in [0.1, 0.15) is 0 Å². The number of nitrogens with one attached hydrogen (secondary N) is 1. The van der Waals surface area contributed by atoms with Crippen LogP contribution < -0.4 is 5.32 Å². The van der Waals surface area contributed by atoms with Crippen LogP contribution in [0.5, 0.6) is 0 Å². The van der Waals surface area contributed by atoms with Gasteiger partial charge in [-0.25, -0.2) is 9.59 Å². The van der Waals surface area contributed by atoms with Gasteiger partial charge < -0.3 is 39.3 Å². The molecule has 0 radical (unpaired) electrons. The van der Waals surface area contributed by atoms with Crippen LogP contribution in [0.15, 0.2) is 0 Å². The average molecular weight is 836 g/mol. The second-order valence-electron chi connectivity index (χ2n) is 17.9. The van der Waals surface area contributed by atoms with Gasteiger partial charge in [0.15, 0.2) is 0 Å². The summed E-state index contributed by atoms with van der Waals surface area (Å²) in [7, 11) is 0. The molecule has 4 atom stereocenters. The zero-order chi connectivity index (χ0) is 39.2. The second-order valence-corrected chi connectivity index (χ2v) is 18.7. The molecule has 2 spiro atoms. The Morgan fingerprint density at radius 1 is 0.673 bits per heavy atom. The Balaban J connectivity index is 0.000000172. The summed E-state index contributed by atoms with van der Waals surface area (Å²) in [6.45, 7) is 16.1. The number of ether oxygens (including phenoxy) is 2. The summed E-state index contributed by atoms with van der Waals surface area (Å²) in [6, 6.07) is 2.62. The fourth-order valence-electron chi connectivity index (χ4n) is 11.5. The van der Waals surface area contributed by atoms with Crippen molar-refractivity contribution >= 4 is 39.9 Å². The summed E-state index contributed by atoms with van der Waals surface area (Å²) in [5.74, 6) is 0.593. The molecule has 0 aliphatic carbocycles. The quantitative estimate of drug-likeness (QED) is 0.294. The van der Waals surface area contributed by atoms with Gasteiger partial charge in [-0.3, -0.25) is 9.59 Å². The number of hydrogen-bond acceptors (Lipinski definition) is 8. The van der Waals surface area contributed by atoms with Crippen LogP contribution >= 0.6 is 15.9 Å². The predicted molar refractivity (Wildman–Crippen MR) is 217 cm³/mol. The van der Waals surface area contributed by atoms with E-state index in [0.29, 0.717) is 61.8 Å². The fourth-order valence-corrected chi connectivity index (χ4v) is 11.5. The lowest BCUT2D eigenvalue weighted by molar-refractivity contribution is -0.128. The van der Waals surface area contributed by atoms with Crippen molar-refractivity contribution in [2.24, 2.45) is 10.8 Å². The van der Waals surface area contributed by atoms with Crippen LogP contribution in [0.2, 0.25) is 0 Å². The predicted octanol–water partition coefficient (Wildman–Crippen LogP) is 6.39. The van der Waals surface area contributed by atoms with Crippen LogP contribution in [0.25, 0.3) is 0 Å². The lowest BCUT2D eigenvalue weighted by Gasteiger charge is -2.47. The van der Waals surface area contributed by atoms with Gasteiger partial charge in [0.2, 0.25) is 11.8 Å². The van der Waals surface area contributed by atoms with E-state index in [0.717, 1.165) is 141 Å². The highest BCUT2D eigenvalue weighted by atomic mass is 79.9. The average Bonchev–Trinajstić information content (AvgIpc) is 3.87. The van der Waals surface area contributed by atoms with Crippen LogP contribution in [0.4, 0.5) is 9.59 Å². The van der Waals surface area contributed by atoms with E-state index >= 15 is 0 Å². The molecule has 8 rings (SSSR count). The first kappa shape index (κ1) is 42.5. The van der Waals surface area contributed by atoms with E-state index in [1.54, 1.807) is 0 Å². The lowest BCUT2D eigenvalue weighted by atomic mass is 9.77. The minimum atomic E-state index is -0.114. The maximum Gasteiger partial charge on any atom is 0.410 e. The third-order valence-corrected chi connectivity index (χ3v) is 15.2. The Hall–Kier alpha value is -2.12. The van der Waals surface area contributed by atoms with Gasteiger partial charge in [0, 0.05) is 74.1 Å². The number of hydrogen-bond donors (Lipinski definition) is 1. The van der Waals surface area contributed by atoms with Gasteiger partial charge in [0.05, 0.1) is 13.2 Å².